The van der Waals surface area contributed by atoms with Gasteiger partial charge in [-0.25, -0.2) is 0 Å². The van der Waals surface area contributed by atoms with Gasteiger partial charge in [-0.1, -0.05) is 36.4 Å². The Kier molecular flexibility index (Phi) is 5.78. The van der Waals surface area contributed by atoms with Crippen molar-refractivity contribution in [3.63, 3.8) is 0 Å². The minimum atomic E-state index is -0.515. The van der Waals surface area contributed by atoms with Crippen molar-refractivity contribution < 1.29 is 28.5 Å². The van der Waals surface area contributed by atoms with Gasteiger partial charge in [-0.2, -0.15) is 0 Å². The predicted molar refractivity (Wildman–Crippen MR) is 101 cm³/mol. The van der Waals surface area contributed by atoms with E-state index in [0.717, 1.165) is 11.1 Å². The van der Waals surface area contributed by atoms with Gasteiger partial charge in [0.1, 0.15) is 24.2 Å². The molecule has 0 N–H and O–H groups in total. The van der Waals surface area contributed by atoms with Gasteiger partial charge in [-0.05, 0) is 30.5 Å². The molecule has 6 heteroatoms. The van der Waals surface area contributed by atoms with Crippen molar-refractivity contribution in [3.05, 3.63) is 59.7 Å². The minimum absolute atomic E-state index is 0.0337. The molecule has 1 heterocycles. The van der Waals surface area contributed by atoms with E-state index in [9.17, 15) is 4.79 Å². The number of ether oxygens (including phenoxy) is 5. The SMILES string of the molecule is COC(=O)C1CC(Oc2cccc(OCc3ccccc3)c2C2OCCO2)C1. The van der Waals surface area contributed by atoms with Crippen molar-refractivity contribution in [1.82, 2.24) is 0 Å². The van der Waals surface area contributed by atoms with E-state index in [0.29, 0.717) is 44.2 Å². The van der Waals surface area contributed by atoms with Crippen LogP contribution in [0.2, 0.25) is 0 Å². The molecule has 0 unspecified atom stereocenters. The Hall–Kier alpha value is -2.57. The van der Waals surface area contributed by atoms with Crippen molar-refractivity contribution in [2.75, 3.05) is 20.3 Å². The number of hydrogen-bond donors (Lipinski definition) is 0. The van der Waals surface area contributed by atoms with Crippen molar-refractivity contribution in [1.29, 1.82) is 0 Å². The molecule has 6 nitrogen and oxygen atoms in total. The number of benzene rings is 2. The van der Waals surface area contributed by atoms with E-state index in [4.69, 9.17) is 23.7 Å². The van der Waals surface area contributed by atoms with E-state index in [1.54, 1.807) is 0 Å². The lowest BCUT2D eigenvalue weighted by molar-refractivity contribution is -0.151. The average Bonchev–Trinajstić information content (AvgIpc) is 3.23. The maximum Gasteiger partial charge on any atom is 0.308 e. The molecule has 0 spiro atoms. The number of carbonyl (C=O) groups is 1. The molecule has 0 radical (unpaired) electrons. The van der Waals surface area contributed by atoms with E-state index < -0.39 is 6.29 Å². The first-order chi connectivity index (χ1) is 13.7. The third-order valence-electron chi connectivity index (χ3n) is 5.04. The lowest BCUT2D eigenvalue weighted by Gasteiger charge is -2.34. The Morgan fingerprint density at radius 2 is 1.71 bits per heavy atom. The van der Waals surface area contributed by atoms with Crippen molar-refractivity contribution in [2.24, 2.45) is 5.92 Å². The third kappa shape index (κ3) is 4.13. The maximum absolute atomic E-state index is 11.6. The Balaban J connectivity index is 1.50. The highest BCUT2D eigenvalue weighted by Gasteiger charge is 2.38. The van der Waals surface area contributed by atoms with E-state index in [1.165, 1.54) is 7.11 Å². The second kappa shape index (κ2) is 8.63. The molecule has 2 fully saturated rings. The van der Waals surface area contributed by atoms with Crippen molar-refractivity contribution in [2.45, 2.75) is 31.8 Å². The zero-order valence-corrected chi connectivity index (χ0v) is 15.8. The number of esters is 1. The number of carbonyl (C=O) groups excluding carboxylic acids is 1. The summed E-state index contributed by atoms with van der Waals surface area (Å²) < 4.78 is 28.5. The molecule has 148 valence electrons. The van der Waals surface area contributed by atoms with Gasteiger partial charge in [-0.3, -0.25) is 4.79 Å². The molecule has 2 aliphatic rings. The van der Waals surface area contributed by atoms with Gasteiger partial charge in [0.05, 0.1) is 31.8 Å². The third-order valence-corrected chi connectivity index (χ3v) is 5.04. The molecule has 0 bridgehead atoms. The number of methoxy groups -OCH3 is 1. The van der Waals surface area contributed by atoms with Gasteiger partial charge >= 0.3 is 5.97 Å². The molecule has 28 heavy (non-hydrogen) atoms. The first-order valence-corrected chi connectivity index (χ1v) is 9.52. The molecule has 4 rings (SSSR count). The summed E-state index contributed by atoms with van der Waals surface area (Å²) in [7, 11) is 1.41. The van der Waals surface area contributed by atoms with Gasteiger partial charge in [0.2, 0.25) is 0 Å². The van der Waals surface area contributed by atoms with E-state index in [1.807, 2.05) is 48.5 Å². The Morgan fingerprint density at radius 1 is 1.00 bits per heavy atom. The van der Waals surface area contributed by atoms with Crippen LogP contribution in [-0.2, 0) is 25.6 Å². The van der Waals surface area contributed by atoms with Crippen LogP contribution in [0.15, 0.2) is 48.5 Å². The van der Waals surface area contributed by atoms with E-state index >= 15 is 0 Å². The molecule has 1 aliphatic carbocycles. The molecule has 1 saturated carbocycles. The van der Waals surface area contributed by atoms with Gasteiger partial charge in [-0.15, -0.1) is 0 Å². The second-order valence-corrected chi connectivity index (χ2v) is 6.95. The van der Waals surface area contributed by atoms with Crippen LogP contribution in [0.3, 0.4) is 0 Å². The van der Waals surface area contributed by atoms with Crippen LogP contribution < -0.4 is 9.47 Å². The summed E-state index contributed by atoms with van der Waals surface area (Å²) in [5, 5.41) is 0. The standard InChI is InChI=1S/C22H24O6/c1-24-21(23)16-12-17(13-16)28-19-9-5-8-18(20(19)22-25-10-11-26-22)27-14-15-6-3-2-4-7-15/h2-9,16-17,22H,10-14H2,1H3. The zero-order chi connectivity index (χ0) is 19.3. The average molecular weight is 384 g/mol. The lowest BCUT2D eigenvalue weighted by atomic mass is 9.82. The smallest absolute Gasteiger partial charge is 0.308 e. The van der Waals surface area contributed by atoms with Crippen molar-refractivity contribution in [3.8, 4) is 11.5 Å². The van der Waals surface area contributed by atoms with E-state index in [2.05, 4.69) is 0 Å². The van der Waals surface area contributed by atoms with Crippen LogP contribution in [0.4, 0.5) is 0 Å². The fraction of sp³-hybridized carbons (Fsp3) is 0.409. The van der Waals surface area contributed by atoms with Crippen LogP contribution in [0.1, 0.15) is 30.3 Å². The first-order valence-electron chi connectivity index (χ1n) is 9.52. The topological polar surface area (TPSA) is 63.2 Å². The first kappa shape index (κ1) is 18.8. The highest BCUT2D eigenvalue weighted by Crippen LogP contribution is 2.41. The summed E-state index contributed by atoms with van der Waals surface area (Å²) in [4.78, 5) is 11.6. The second-order valence-electron chi connectivity index (χ2n) is 6.95. The lowest BCUT2D eigenvalue weighted by Crippen LogP contribution is -2.39. The fourth-order valence-corrected chi connectivity index (χ4v) is 3.45. The molecule has 2 aromatic rings. The van der Waals surface area contributed by atoms with Gasteiger partial charge in [0.15, 0.2) is 6.29 Å². The van der Waals surface area contributed by atoms with Crippen LogP contribution in [0, 0.1) is 5.92 Å². The van der Waals surface area contributed by atoms with Crippen LogP contribution in [0.5, 0.6) is 11.5 Å². The molecular weight excluding hydrogens is 360 g/mol. The summed E-state index contributed by atoms with van der Waals surface area (Å²) in [5.41, 5.74) is 1.84. The molecule has 0 amide bonds. The molecule has 2 aromatic carbocycles. The monoisotopic (exact) mass is 384 g/mol. The predicted octanol–water partition coefficient (Wildman–Crippen LogP) is 3.64. The molecule has 1 aliphatic heterocycles. The molecule has 0 atom stereocenters. The number of hydrogen-bond acceptors (Lipinski definition) is 6. The zero-order valence-electron chi connectivity index (χ0n) is 15.8. The van der Waals surface area contributed by atoms with Crippen LogP contribution in [-0.4, -0.2) is 32.4 Å². The normalized spacial score (nSPS) is 21.8. The van der Waals surface area contributed by atoms with E-state index in [-0.39, 0.29) is 18.0 Å². The number of rotatable bonds is 7. The van der Waals surface area contributed by atoms with Gasteiger partial charge < -0.3 is 23.7 Å². The molecule has 1 saturated heterocycles. The Labute approximate surface area is 164 Å². The summed E-state index contributed by atoms with van der Waals surface area (Å²) in [5.74, 6) is 1.08. The highest BCUT2D eigenvalue weighted by molar-refractivity contribution is 5.73. The Morgan fingerprint density at radius 3 is 2.43 bits per heavy atom. The molecule has 0 aromatic heterocycles. The summed E-state index contributed by atoms with van der Waals surface area (Å²) in [6, 6.07) is 15.7. The van der Waals surface area contributed by atoms with Crippen molar-refractivity contribution >= 4 is 5.97 Å². The summed E-state index contributed by atoms with van der Waals surface area (Å²) in [6.45, 7) is 1.51. The van der Waals surface area contributed by atoms with Gasteiger partial charge in [0, 0.05) is 0 Å². The summed E-state index contributed by atoms with van der Waals surface area (Å²) >= 11 is 0. The minimum Gasteiger partial charge on any atom is -0.490 e. The highest BCUT2D eigenvalue weighted by atomic mass is 16.7. The van der Waals surface area contributed by atoms with Gasteiger partial charge in [0.25, 0.3) is 0 Å². The quantitative estimate of drug-likeness (QED) is 0.679. The van der Waals surface area contributed by atoms with Crippen LogP contribution >= 0.6 is 0 Å². The maximum atomic E-state index is 11.6. The Bertz CT molecular complexity index is 794. The summed E-state index contributed by atoms with van der Waals surface area (Å²) in [6.07, 6.45) is 0.744. The largest absolute Gasteiger partial charge is 0.490 e. The fourth-order valence-electron chi connectivity index (χ4n) is 3.45. The molecular formula is C22H24O6. The van der Waals surface area contributed by atoms with Crippen LogP contribution in [0.25, 0.3) is 0 Å².